The van der Waals surface area contributed by atoms with Gasteiger partial charge in [0, 0.05) is 12.1 Å². The number of pyridine rings is 1. The van der Waals surface area contributed by atoms with Crippen molar-refractivity contribution in [2.75, 3.05) is 0 Å². The summed E-state index contributed by atoms with van der Waals surface area (Å²) >= 11 is 1.58. The van der Waals surface area contributed by atoms with Crippen LogP contribution in [0, 0.1) is 0 Å². The number of fused-ring (bicyclic) bond motifs is 3. The van der Waals surface area contributed by atoms with Gasteiger partial charge in [0.15, 0.2) is 0 Å². The smallest absolute Gasteiger partial charge is 0.258 e. The number of hydrogen-bond donors (Lipinski definition) is 0. The van der Waals surface area contributed by atoms with Gasteiger partial charge in [-0.3, -0.25) is 4.79 Å². The van der Waals surface area contributed by atoms with Crippen molar-refractivity contribution in [3.8, 4) is 21.7 Å². The lowest BCUT2D eigenvalue weighted by Gasteiger charge is -2.23. The van der Waals surface area contributed by atoms with E-state index in [1.54, 1.807) is 15.9 Å². The van der Waals surface area contributed by atoms with Crippen LogP contribution in [0.3, 0.4) is 0 Å². The minimum atomic E-state index is -0.238. The zero-order valence-corrected chi connectivity index (χ0v) is 12.5. The fraction of sp³-hybridized carbons (Fsp3) is 0.111. The molecule has 1 unspecified atom stereocenters. The van der Waals surface area contributed by atoms with E-state index in [4.69, 9.17) is 0 Å². The quantitative estimate of drug-likeness (QED) is 0.679. The first-order chi connectivity index (χ1) is 10.8. The third-order valence-corrected chi connectivity index (χ3v) is 5.08. The molecule has 4 rings (SSSR count). The molecule has 0 bridgehead atoms. The third kappa shape index (κ3) is 1.88. The molecule has 0 radical (unpaired) electrons. The van der Waals surface area contributed by atoms with Gasteiger partial charge in [-0.05, 0) is 34.7 Å². The molecule has 3 nitrogen and oxygen atoms in total. The van der Waals surface area contributed by atoms with Crippen LogP contribution in [0.15, 0.2) is 58.7 Å². The number of aldehydes is 1. The van der Waals surface area contributed by atoms with Gasteiger partial charge in [-0.15, -0.1) is 11.3 Å². The molecule has 108 valence electrons. The summed E-state index contributed by atoms with van der Waals surface area (Å²) in [4.78, 5) is 25.3. The molecule has 1 aromatic carbocycles. The predicted molar refractivity (Wildman–Crippen MR) is 88.3 cm³/mol. The van der Waals surface area contributed by atoms with Crippen molar-refractivity contribution in [3.05, 3.63) is 69.8 Å². The van der Waals surface area contributed by atoms with Gasteiger partial charge in [-0.1, -0.05) is 30.3 Å². The molecule has 1 atom stereocenters. The van der Waals surface area contributed by atoms with Crippen LogP contribution in [0.1, 0.15) is 11.5 Å². The maximum atomic E-state index is 12.9. The average molecular weight is 307 g/mol. The van der Waals surface area contributed by atoms with Crippen LogP contribution in [-0.4, -0.2) is 10.9 Å². The number of hydrogen-bond acceptors (Lipinski definition) is 3. The van der Waals surface area contributed by atoms with Crippen molar-refractivity contribution in [2.24, 2.45) is 0 Å². The highest BCUT2D eigenvalue weighted by Gasteiger charge is 2.26. The summed E-state index contributed by atoms with van der Waals surface area (Å²) in [5.41, 5.74) is 3.49. The Morgan fingerprint density at radius 3 is 2.68 bits per heavy atom. The summed E-state index contributed by atoms with van der Waals surface area (Å²) in [6, 6.07) is 15.5. The number of thiophene rings is 1. The summed E-state index contributed by atoms with van der Waals surface area (Å²) in [6.07, 6.45) is 0.941. The Labute approximate surface area is 131 Å². The zero-order valence-electron chi connectivity index (χ0n) is 11.7. The Kier molecular flexibility index (Phi) is 3.05. The monoisotopic (exact) mass is 307 g/mol. The highest BCUT2D eigenvalue weighted by Crippen LogP contribution is 2.38. The summed E-state index contributed by atoms with van der Waals surface area (Å²) in [5.74, 6) is -0.238. The second kappa shape index (κ2) is 5.07. The Balaban J connectivity index is 1.95. The molecule has 0 saturated heterocycles. The molecule has 1 aliphatic rings. The number of carbonyl (C=O) groups excluding carboxylic acids is 1. The number of nitrogens with zero attached hydrogens (tertiary/aromatic N) is 1. The number of aromatic nitrogens is 1. The van der Waals surface area contributed by atoms with E-state index in [1.165, 1.54) is 0 Å². The van der Waals surface area contributed by atoms with Crippen LogP contribution < -0.4 is 5.56 Å². The highest BCUT2D eigenvalue weighted by molar-refractivity contribution is 7.13. The molecule has 1 aliphatic heterocycles. The fourth-order valence-electron chi connectivity index (χ4n) is 3.03. The summed E-state index contributed by atoms with van der Waals surface area (Å²) < 4.78 is 1.74. The molecule has 0 fully saturated rings. The SMILES string of the molecule is O=CC1Cn2c(ccc(-c3ccccc3)c2=O)-c2sccc21. The van der Waals surface area contributed by atoms with Crippen molar-refractivity contribution < 1.29 is 4.79 Å². The second-order valence-corrected chi connectivity index (χ2v) is 6.28. The van der Waals surface area contributed by atoms with Gasteiger partial charge < -0.3 is 9.36 Å². The first kappa shape index (κ1) is 13.2. The van der Waals surface area contributed by atoms with Gasteiger partial charge in [0.1, 0.15) is 6.29 Å². The van der Waals surface area contributed by atoms with Gasteiger partial charge in [0.05, 0.1) is 16.5 Å². The van der Waals surface area contributed by atoms with Gasteiger partial charge in [0.25, 0.3) is 5.56 Å². The number of benzene rings is 1. The van der Waals surface area contributed by atoms with Crippen LogP contribution in [0.4, 0.5) is 0 Å². The molecule has 2 aromatic heterocycles. The van der Waals surface area contributed by atoms with Crippen LogP contribution >= 0.6 is 11.3 Å². The third-order valence-electron chi connectivity index (χ3n) is 4.13. The van der Waals surface area contributed by atoms with Gasteiger partial charge in [-0.2, -0.15) is 0 Å². The largest absolute Gasteiger partial charge is 0.306 e. The van der Waals surface area contributed by atoms with Crippen LogP contribution in [0.5, 0.6) is 0 Å². The molecule has 3 heterocycles. The van der Waals surface area contributed by atoms with E-state index in [9.17, 15) is 9.59 Å². The molecule has 0 N–H and O–H groups in total. The Hall–Kier alpha value is -2.46. The minimum Gasteiger partial charge on any atom is -0.306 e. The summed E-state index contributed by atoms with van der Waals surface area (Å²) in [5, 5.41) is 1.98. The van der Waals surface area contributed by atoms with Crippen LogP contribution in [-0.2, 0) is 11.3 Å². The first-order valence-corrected chi connectivity index (χ1v) is 8.00. The molecule has 0 aliphatic carbocycles. The van der Waals surface area contributed by atoms with E-state index in [-0.39, 0.29) is 11.5 Å². The second-order valence-electron chi connectivity index (χ2n) is 5.36. The predicted octanol–water partition coefficient (Wildman–Crippen LogP) is 3.54. The maximum Gasteiger partial charge on any atom is 0.258 e. The van der Waals surface area contributed by atoms with E-state index >= 15 is 0 Å². The van der Waals surface area contributed by atoms with Gasteiger partial charge in [-0.25, -0.2) is 0 Å². The van der Waals surface area contributed by atoms with Crippen molar-refractivity contribution in [1.82, 2.24) is 4.57 Å². The summed E-state index contributed by atoms with van der Waals surface area (Å²) in [7, 11) is 0. The average Bonchev–Trinajstić information content (AvgIpc) is 3.05. The van der Waals surface area contributed by atoms with E-state index < -0.39 is 0 Å². The summed E-state index contributed by atoms with van der Waals surface area (Å²) in [6.45, 7) is 0.419. The lowest BCUT2D eigenvalue weighted by atomic mass is 9.95. The molecule has 0 saturated carbocycles. The number of rotatable bonds is 2. The van der Waals surface area contributed by atoms with Crippen molar-refractivity contribution in [2.45, 2.75) is 12.5 Å². The highest BCUT2D eigenvalue weighted by atomic mass is 32.1. The lowest BCUT2D eigenvalue weighted by molar-refractivity contribution is -0.109. The van der Waals surface area contributed by atoms with E-state index in [0.717, 1.165) is 28.0 Å². The van der Waals surface area contributed by atoms with Gasteiger partial charge >= 0.3 is 0 Å². The van der Waals surface area contributed by atoms with Crippen LogP contribution in [0.2, 0.25) is 0 Å². The molecular weight excluding hydrogens is 294 g/mol. The molecular formula is C18H13NO2S. The Bertz CT molecular complexity index is 908. The number of carbonyl (C=O) groups is 1. The molecule has 0 amide bonds. The maximum absolute atomic E-state index is 12.9. The Morgan fingerprint density at radius 2 is 1.91 bits per heavy atom. The first-order valence-electron chi connectivity index (χ1n) is 7.12. The zero-order chi connectivity index (χ0) is 15.1. The normalized spacial score (nSPS) is 15.9. The fourth-order valence-corrected chi connectivity index (χ4v) is 4.03. The molecule has 4 heteroatoms. The van der Waals surface area contributed by atoms with Crippen molar-refractivity contribution in [1.29, 1.82) is 0 Å². The van der Waals surface area contributed by atoms with Gasteiger partial charge in [0.2, 0.25) is 0 Å². The minimum absolute atomic E-state index is 0.0328. The van der Waals surface area contributed by atoms with E-state index in [1.807, 2.05) is 53.9 Å². The Morgan fingerprint density at radius 1 is 1.09 bits per heavy atom. The van der Waals surface area contributed by atoms with E-state index in [2.05, 4.69) is 0 Å². The van der Waals surface area contributed by atoms with Crippen molar-refractivity contribution >= 4 is 17.6 Å². The standard InChI is InChI=1S/C18H13NO2S/c20-11-13-10-19-16(17-14(13)8-9-22-17)7-6-15(18(19)21)12-4-2-1-3-5-12/h1-9,11,13H,10H2. The topological polar surface area (TPSA) is 39.1 Å². The van der Waals surface area contributed by atoms with Crippen molar-refractivity contribution in [3.63, 3.8) is 0 Å². The molecule has 22 heavy (non-hydrogen) atoms. The molecule has 3 aromatic rings. The lowest BCUT2D eigenvalue weighted by Crippen LogP contribution is -2.29. The molecule has 0 spiro atoms. The van der Waals surface area contributed by atoms with E-state index in [0.29, 0.717) is 12.1 Å². The van der Waals surface area contributed by atoms with Crippen LogP contribution in [0.25, 0.3) is 21.7 Å².